The summed E-state index contributed by atoms with van der Waals surface area (Å²) in [4.78, 5) is 51.3. The van der Waals surface area contributed by atoms with E-state index in [1.807, 2.05) is 29.2 Å². The van der Waals surface area contributed by atoms with Crippen LogP contribution < -0.4 is 10.7 Å². The zero-order valence-electron chi connectivity index (χ0n) is 26.6. The molecule has 3 aromatic heterocycles. The summed E-state index contributed by atoms with van der Waals surface area (Å²) < 4.78 is 19.5. The molecule has 2 aliphatic carbocycles. The largest absolute Gasteiger partial charge is 0.442 e. The first-order valence-corrected chi connectivity index (χ1v) is 14.8. The van der Waals surface area contributed by atoms with Gasteiger partial charge in [0.15, 0.2) is 5.82 Å². The summed E-state index contributed by atoms with van der Waals surface area (Å²) >= 11 is 0. The summed E-state index contributed by atoms with van der Waals surface area (Å²) in [6, 6.07) is 2.53. The van der Waals surface area contributed by atoms with Crippen molar-refractivity contribution in [2.75, 3.05) is 26.6 Å². The maximum Gasteiger partial charge on any atom is 0.428 e. The number of amides is 2. The van der Waals surface area contributed by atoms with E-state index in [0.717, 1.165) is 41.6 Å². The molecule has 2 amide bonds. The number of ether oxygens (including phenoxy) is 3. The number of nitrogens with one attached hydrogen (secondary N) is 2. The number of methoxy groups -OCH3 is 2. The first-order valence-electron chi connectivity index (χ1n) is 14.8. The number of rotatable bonds is 12. The molecule has 0 aromatic carbocycles. The summed E-state index contributed by atoms with van der Waals surface area (Å²) in [5, 5.41) is 5.05. The van der Waals surface area contributed by atoms with Crippen molar-refractivity contribution in [1.29, 1.82) is 0 Å². The van der Waals surface area contributed by atoms with Gasteiger partial charge in [0.1, 0.15) is 28.3 Å². The van der Waals surface area contributed by atoms with Crippen LogP contribution in [0.15, 0.2) is 24.3 Å². The molecule has 14 heteroatoms. The second-order valence-corrected chi connectivity index (χ2v) is 12.2. The quantitative estimate of drug-likeness (QED) is 0.178. The van der Waals surface area contributed by atoms with Crippen molar-refractivity contribution in [3.63, 3.8) is 0 Å². The molecule has 44 heavy (non-hydrogen) atoms. The van der Waals surface area contributed by atoms with E-state index in [2.05, 4.69) is 20.6 Å². The van der Waals surface area contributed by atoms with Gasteiger partial charge >= 0.3 is 6.09 Å². The van der Waals surface area contributed by atoms with Crippen LogP contribution in [0.1, 0.15) is 63.9 Å². The summed E-state index contributed by atoms with van der Waals surface area (Å²) in [6.45, 7) is 7.77. The molecule has 0 saturated heterocycles. The molecule has 2 saturated carbocycles. The Balaban J connectivity index is 1.57. The van der Waals surface area contributed by atoms with E-state index < -0.39 is 23.8 Å². The van der Waals surface area contributed by atoms with E-state index in [9.17, 15) is 14.4 Å². The molecule has 2 aliphatic rings. The van der Waals surface area contributed by atoms with E-state index in [1.165, 1.54) is 27.3 Å². The van der Waals surface area contributed by atoms with Crippen LogP contribution in [-0.4, -0.2) is 92.0 Å². The average Bonchev–Trinajstić information content (AvgIpc) is 3.89. The maximum atomic E-state index is 13.9. The molecule has 3 heterocycles. The van der Waals surface area contributed by atoms with Crippen LogP contribution in [0, 0.1) is 0 Å². The van der Waals surface area contributed by atoms with Crippen LogP contribution in [0.5, 0.6) is 0 Å². The number of aryl methyl sites for hydroxylation is 2. The molecule has 0 unspecified atom stereocenters. The third kappa shape index (κ3) is 6.36. The van der Waals surface area contributed by atoms with Crippen molar-refractivity contribution >= 4 is 45.7 Å². The van der Waals surface area contributed by atoms with Crippen molar-refractivity contribution in [3.8, 4) is 0 Å². The Morgan fingerprint density at radius 2 is 1.77 bits per heavy atom. The number of ketones is 1. The minimum atomic E-state index is -1.17. The predicted octanol–water partition coefficient (Wildman–Crippen LogP) is 3.52. The van der Waals surface area contributed by atoms with Crippen LogP contribution in [0.2, 0.25) is 0 Å². The number of imidazole rings is 1. The normalized spacial score (nSPS) is 15.6. The summed E-state index contributed by atoms with van der Waals surface area (Å²) in [5.74, 6) is -0.0832. The number of anilines is 1. The lowest BCUT2D eigenvalue weighted by Gasteiger charge is -2.26. The van der Waals surface area contributed by atoms with Gasteiger partial charge in [-0.05, 0) is 59.4 Å². The Morgan fingerprint density at radius 1 is 1.14 bits per heavy atom. The topological polar surface area (TPSA) is 145 Å². The summed E-state index contributed by atoms with van der Waals surface area (Å²) in [7, 11) is 6.05. The molecule has 2 fully saturated rings. The van der Waals surface area contributed by atoms with Gasteiger partial charge in [0.05, 0.1) is 11.8 Å². The van der Waals surface area contributed by atoms with Crippen LogP contribution in [-0.2, 0) is 32.6 Å². The van der Waals surface area contributed by atoms with Crippen molar-refractivity contribution in [1.82, 2.24) is 34.4 Å². The third-order valence-electron chi connectivity index (χ3n) is 7.51. The Kier molecular flexibility index (Phi) is 8.58. The van der Waals surface area contributed by atoms with Gasteiger partial charge in [0.2, 0.25) is 12.1 Å². The zero-order valence-corrected chi connectivity index (χ0v) is 26.6. The molecular formula is C30H42N8O6. The second-order valence-electron chi connectivity index (χ2n) is 12.2. The first kappa shape index (κ1) is 31.3. The average molecular weight is 611 g/mol. The lowest BCUT2D eigenvalue weighted by molar-refractivity contribution is -0.151. The number of hydrogen-bond acceptors (Lipinski definition) is 10. The van der Waals surface area contributed by atoms with E-state index in [4.69, 9.17) is 19.2 Å². The van der Waals surface area contributed by atoms with E-state index >= 15 is 0 Å². The highest BCUT2D eigenvalue weighted by Gasteiger charge is 2.43. The standard InChI is InChI=1S/C30H42N8O6/c1-9-37-20(27(40)38(17-10-11-17)18-12-13-18)14-19-24-23(31-16-35(24)5)25(33-26(19)37)32-22(15-21(39)28(42-7)43-8)34-36(6)29(41)44-30(2,3)4/h14-18,28,34H,9-13H2,1-8H3,(H,32,33)/b22-15-. The number of carbonyl (C=O) groups is 3. The van der Waals surface area contributed by atoms with E-state index in [-0.39, 0.29) is 11.7 Å². The molecule has 14 nitrogen and oxygen atoms in total. The Labute approximate surface area is 256 Å². The molecule has 0 aliphatic heterocycles. The number of pyridine rings is 1. The Bertz CT molecular complexity index is 1590. The highest BCUT2D eigenvalue weighted by atomic mass is 16.7. The van der Waals surface area contributed by atoms with Gasteiger partial charge in [-0.3, -0.25) is 15.0 Å². The Morgan fingerprint density at radius 3 is 2.32 bits per heavy atom. The van der Waals surface area contributed by atoms with Crippen LogP contribution in [0.25, 0.3) is 22.1 Å². The molecule has 2 N–H and O–H groups in total. The van der Waals surface area contributed by atoms with Gasteiger partial charge < -0.3 is 33.6 Å². The van der Waals surface area contributed by atoms with Gasteiger partial charge in [-0.1, -0.05) is 0 Å². The van der Waals surface area contributed by atoms with Gasteiger partial charge in [0, 0.05) is 58.4 Å². The molecule has 238 valence electrons. The fourth-order valence-electron chi connectivity index (χ4n) is 5.28. The second kappa shape index (κ2) is 12.1. The molecule has 3 aromatic rings. The lowest BCUT2D eigenvalue weighted by atomic mass is 10.2. The lowest BCUT2D eigenvalue weighted by Crippen LogP contribution is -2.44. The highest BCUT2D eigenvalue weighted by Crippen LogP contribution is 2.39. The van der Waals surface area contributed by atoms with Gasteiger partial charge in [-0.15, -0.1) is 0 Å². The SMILES string of the molecule is CCn1c(C(=O)N(C2CC2)C2CC2)cc2c3c(ncn3C)c(N/C(=C/C(=O)C(OC)OC)NN(C)C(=O)OC(C)(C)C)nc21. The van der Waals surface area contributed by atoms with Crippen molar-refractivity contribution in [2.45, 2.75) is 83.9 Å². The number of hydrogen-bond donors (Lipinski definition) is 2. The summed E-state index contributed by atoms with van der Waals surface area (Å²) in [5.41, 5.74) is 4.61. The predicted molar refractivity (Wildman–Crippen MR) is 164 cm³/mol. The van der Waals surface area contributed by atoms with Gasteiger partial charge in [0.25, 0.3) is 5.91 Å². The minimum absolute atomic E-state index is 0.0247. The minimum Gasteiger partial charge on any atom is -0.442 e. The fourth-order valence-corrected chi connectivity index (χ4v) is 5.28. The Hall–Kier alpha value is -4.17. The van der Waals surface area contributed by atoms with Crippen molar-refractivity contribution < 1.29 is 28.6 Å². The van der Waals surface area contributed by atoms with Gasteiger partial charge in [-0.2, -0.15) is 0 Å². The van der Waals surface area contributed by atoms with Gasteiger partial charge in [-0.25, -0.2) is 19.8 Å². The van der Waals surface area contributed by atoms with Crippen LogP contribution in [0.4, 0.5) is 10.6 Å². The first-order chi connectivity index (χ1) is 20.9. The molecule has 0 radical (unpaired) electrons. The number of fused-ring (bicyclic) bond motifs is 3. The smallest absolute Gasteiger partial charge is 0.428 e. The molecular weight excluding hydrogens is 568 g/mol. The van der Waals surface area contributed by atoms with Crippen molar-refractivity contribution in [3.05, 3.63) is 30.0 Å². The number of carbonyl (C=O) groups excluding carboxylic acids is 3. The molecule has 0 atom stereocenters. The maximum absolute atomic E-state index is 13.9. The third-order valence-corrected chi connectivity index (χ3v) is 7.51. The molecule has 0 bridgehead atoms. The van der Waals surface area contributed by atoms with Crippen LogP contribution in [0.3, 0.4) is 0 Å². The monoisotopic (exact) mass is 610 g/mol. The van der Waals surface area contributed by atoms with E-state index in [1.54, 1.807) is 27.1 Å². The number of nitrogens with zero attached hydrogens (tertiary/aromatic N) is 6. The number of hydrazine groups is 1. The van der Waals surface area contributed by atoms with E-state index in [0.29, 0.717) is 41.3 Å². The van der Waals surface area contributed by atoms with Crippen molar-refractivity contribution in [2.24, 2.45) is 7.05 Å². The number of aromatic nitrogens is 4. The highest BCUT2D eigenvalue weighted by molar-refractivity contribution is 6.10. The zero-order chi connectivity index (χ0) is 31.9. The summed E-state index contributed by atoms with van der Waals surface area (Å²) in [6.07, 6.45) is 5.21. The van der Waals surface area contributed by atoms with Crippen LogP contribution >= 0.6 is 0 Å². The molecule has 5 rings (SSSR count). The fraction of sp³-hybridized carbons (Fsp3) is 0.567. The molecule has 0 spiro atoms.